The molecule has 1 saturated carbocycles. The zero-order chi connectivity index (χ0) is 11.0. The Morgan fingerprint density at radius 3 is 2.62 bits per heavy atom. The number of nitrogens with two attached hydrogens (primary N) is 1. The predicted octanol–water partition coefficient (Wildman–Crippen LogP) is 2.21. The van der Waals surface area contributed by atoms with Crippen LogP contribution in [0.4, 0.5) is 0 Å². The minimum Gasteiger partial charge on any atom is -0.326 e. The highest BCUT2D eigenvalue weighted by atomic mass is 15.3. The van der Waals surface area contributed by atoms with Crippen LogP contribution in [0, 0.1) is 0 Å². The number of para-hydroxylation sites is 1. The molecular weight excluding hydrogens is 198 g/mol. The summed E-state index contributed by atoms with van der Waals surface area (Å²) in [6.45, 7) is 0.582. The average molecular weight is 213 g/mol. The van der Waals surface area contributed by atoms with Gasteiger partial charge in [-0.3, -0.25) is 0 Å². The van der Waals surface area contributed by atoms with Gasteiger partial charge in [0.05, 0.1) is 17.6 Å². The highest BCUT2D eigenvalue weighted by molar-refractivity contribution is 5.37. The molecule has 0 spiro atoms. The molecule has 3 nitrogen and oxygen atoms in total. The van der Waals surface area contributed by atoms with Gasteiger partial charge in [0.15, 0.2) is 0 Å². The largest absolute Gasteiger partial charge is 0.326 e. The maximum Gasteiger partial charge on any atom is 0.0649 e. The Morgan fingerprint density at radius 2 is 2.00 bits per heavy atom. The Hall–Kier alpha value is -1.61. The van der Waals surface area contributed by atoms with Crippen LogP contribution >= 0.6 is 0 Å². The third kappa shape index (κ3) is 1.53. The van der Waals surface area contributed by atoms with Crippen LogP contribution in [0.2, 0.25) is 0 Å². The zero-order valence-corrected chi connectivity index (χ0v) is 9.13. The van der Waals surface area contributed by atoms with Crippen LogP contribution in [-0.2, 0) is 6.54 Å². The average Bonchev–Trinajstić information content (AvgIpc) is 3.09. The molecule has 2 aromatic rings. The van der Waals surface area contributed by atoms with Crippen molar-refractivity contribution in [2.45, 2.75) is 25.3 Å². The fourth-order valence-electron chi connectivity index (χ4n) is 2.12. The second-order valence-corrected chi connectivity index (χ2v) is 4.28. The number of hydrogen-bond acceptors (Lipinski definition) is 2. The van der Waals surface area contributed by atoms with Crippen LogP contribution in [-0.4, -0.2) is 9.78 Å². The molecule has 1 aliphatic rings. The van der Waals surface area contributed by atoms with E-state index < -0.39 is 0 Å². The lowest BCUT2D eigenvalue weighted by Gasteiger charge is -2.07. The summed E-state index contributed by atoms with van der Waals surface area (Å²) in [6.07, 6.45) is 4.44. The minimum atomic E-state index is 0.582. The van der Waals surface area contributed by atoms with Crippen LogP contribution in [0.15, 0.2) is 36.5 Å². The van der Waals surface area contributed by atoms with E-state index >= 15 is 0 Å². The van der Waals surface area contributed by atoms with Crippen molar-refractivity contribution in [1.29, 1.82) is 0 Å². The molecule has 2 N–H and O–H groups in total. The molecule has 0 atom stereocenters. The Bertz CT molecular complexity index is 483. The van der Waals surface area contributed by atoms with Gasteiger partial charge in [-0.25, -0.2) is 4.68 Å². The molecule has 1 aromatic carbocycles. The molecule has 0 unspecified atom stereocenters. The fourth-order valence-corrected chi connectivity index (χ4v) is 2.12. The van der Waals surface area contributed by atoms with E-state index in [9.17, 15) is 0 Å². The SMILES string of the molecule is NCc1cnn(-c2ccccc2)c1C1CC1. The molecule has 0 bridgehead atoms. The first kappa shape index (κ1) is 9.60. The first-order valence-electron chi connectivity index (χ1n) is 5.72. The predicted molar refractivity (Wildman–Crippen MR) is 63.4 cm³/mol. The molecule has 0 saturated heterocycles. The van der Waals surface area contributed by atoms with E-state index in [0.717, 1.165) is 5.69 Å². The van der Waals surface area contributed by atoms with Gasteiger partial charge in [0.1, 0.15) is 0 Å². The molecule has 3 rings (SSSR count). The van der Waals surface area contributed by atoms with Gasteiger partial charge < -0.3 is 5.73 Å². The lowest BCUT2D eigenvalue weighted by atomic mass is 10.1. The van der Waals surface area contributed by atoms with Gasteiger partial charge in [-0.1, -0.05) is 18.2 Å². The van der Waals surface area contributed by atoms with Crippen LogP contribution < -0.4 is 5.73 Å². The van der Waals surface area contributed by atoms with Crippen molar-refractivity contribution in [2.75, 3.05) is 0 Å². The summed E-state index contributed by atoms with van der Waals surface area (Å²) < 4.78 is 2.04. The zero-order valence-electron chi connectivity index (χ0n) is 9.13. The number of rotatable bonds is 3. The van der Waals surface area contributed by atoms with E-state index in [1.54, 1.807) is 0 Å². The summed E-state index contributed by atoms with van der Waals surface area (Å²) in [5.41, 5.74) is 9.38. The van der Waals surface area contributed by atoms with Crippen molar-refractivity contribution in [3.8, 4) is 5.69 Å². The first-order chi connectivity index (χ1) is 7.90. The van der Waals surface area contributed by atoms with Crippen molar-refractivity contribution >= 4 is 0 Å². The van der Waals surface area contributed by atoms with Crippen molar-refractivity contribution in [1.82, 2.24) is 9.78 Å². The Kier molecular flexibility index (Phi) is 2.26. The molecule has 3 heteroatoms. The summed E-state index contributed by atoms with van der Waals surface area (Å²) in [5.74, 6) is 0.668. The molecular formula is C13H15N3. The molecule has 82 valence electrons. The Morgan fingerprint density at radius 1 is 1.25 bits per heavy atom. The molecule has 1 aliphatic carbocycles. The van der Waals surface area contributed by atoms with Gasteiger partial charge in [0.25, 0.3) is 0 Å². The van der Waals surface area contributed by atoms with Crippen LogP contribution in [0.5, 0.6) is 0 Å². The number of aromatic nitrogens is 2. The lowest BCUT2D eigenvalue weighted by Crippen LogP contribution is -2.04. The summed E-state index contributed by atoms with van der Waals surface area (Å²) in [6, 6.07) is 10.3. The van der Waals surface area contributed by atoms with Gasteiger partial charge in [0.2, 0.25) is 0 Å². The number of benzene rings is 1. The van der Waals surface area contributed by atoms with Crippen molar-refractivity contribution < 1.29 is 0 Å². The van der Waals surface area contributed by atoms with Crippen molar-refractivity contribution in [3.05, 3.63) is 47.8 Å². The van der Waals surface area contributed by atoms with Gasteiger partial charge in [-0.05, 0) is 25.0 Å². The molecule has 1 aromatic heterocycles. The van der Waals surface area contributed by atoms with E-state index in [2.05, 4.69) is 17.2 Å². The molecule has 1 fully saturated rings. The standard InChI is InChI=1S/C13H15N3/c14-8-11-9-15-16(13(11)10-6-7-10)12-4-2-1-3-5-12/h1-5,9-10H,6-8,14H2. The first-order valence-corrected chi connectivity index (χ1v) is 5.72. The molecule has 16 heavy (non-hydrogen) atoms. The van der Waals surface area contributed by atoms with Crippen molar-refractivity contribution in [2.24, 2.45) is 5.73 Å². The van der Waals surface area contributed by atoms with Gasteiger partial charge in [-0.15, -0.1) is 0 Å². The van der Waals surface area contributed by atoms with Crippen LogP contribution in [0.1, 0.15) is 30.0 Å². The topological polar surface area (TPSA) is 43.8 Å². The summed E-state index contributed by atoms with van der Waals surface area (Å²) >= 11 is 0. The maximum atomic E-state index is 5.75. The van der Waals surface area contributed by atoms with E-state index in [-0.39, 0.29) is 0 Å². The second-order valence-electron chi connectivity index (χ2n) is 4.28. The number of nitrogens with zero attached hydrogens (tertiary/aromatic N) is 2. The number of hydrogen-bond donors (Lipinski definition) is 1. The minimum absolute atomic E-state index is 0.582. The summed E-state index contributed by atoms with van der Waals surface area (Å²) in [5, 5.41) is 4.46. The Balaban J connectivity index is 2.10. The van der Waals surface area contributed by atoms with E-state index in [0.29, 0.717) is 12.5 Å². The molecule has 0 amide bonds. The van der Waals surface area contributed by atoms with Gasteiger partial charge in [-0.2, -0.15) is 5.10 Å². The highest BCUT2D eigenvalue weighted by Gasteiger charge is 2.30. The fraction of sp³-hybridized carbons (Fsp3) is 0.308. The quantitative estimate of drug-likeness (QED) is 0.849. The monoisotopic (exact) mass is 213 g/mol. The second kappa shape index (κ2) is 3.76. The lowest BCUT2D eigenvalue weighted by molar-refractivity contribution is 0.801. The molecule has 1 heterocycles. The van der Waals surface area contributed by atoms with Crippen LogP contribution in [0.25, 0.3) is 5.69 Å². The smallest absolute Gasteiger partial charge is 0.0649 e. The third-order valence-corrected chi connectivity index (χ3v) is 3.07. The summed E-state index contributed by atoms with van der Waals surface area (Å²) in [7, 11) is 0. The molecule has 0 aliphatic heterocycles. The van der Waals surface area contributed by atoms with Crippen molar-refractivity contribution in [3.63, 3.8) is 0 Å². The third-order valence-electron chi connectivity index (χ3n) is 3.07. The van der Waals surface area contributed by atoms with Crippen LogP contribution in [0.3, 0.4) is 0 Å². The van der Waals surface area contributed by atoms with E-state index in [1.165, 1.54) is 24.1 Å². The Labute approximate surface area is 94.9 Å². The maximum absolute atomic E-state index is 5.75. The summed E-state index contributed by atoms with van der Waals surface area (Å²) in [4.78, 5) is 0. The highest BCUT2D eigenvalue weighted by Crippen LogP contribution is 2.42. The van der Waals surface area contributed by atoms with E-state index in [1.807, 2.05) is 29.1 Å². The van der Waals surface area contributed by atoms with Gasteiger partial charge >= 0.3 is 0 Å². The normalized spacial score (nSPS) is 15.3. The van der Waals surface area contributed by atoms with E-state index in [4.69, 9.17) is 5.73 Å². The molecule has 0 radical (unpaired) electrons. The van der Waals surface area contributed by atoms with Gasteiger partial charge in [0, 0.05) is 18.0 Å².